The van der Waals surface area contributed by atoms with E-state index in [9.17, 15) is 9.59 Å². The number of rotatable bonds is 1. The van der Waals surface area contributed by atoms with E-state index in [-0.39, 0.29) is 40.1 Å². The smallest absolute Gasteiger partial charge is 0.331 e. The lowest BCUT2D eigenvalue weighted by molar-refractivity contribution is -0.170. The molecule has 0 bridgehead atoms. The highest BCUT2D eigenvalue weighted by atomic mass is 16.5. The van der Waals surface area contributed by atoms with Gasteiger partial charge >= 0.3 is 5.97 Å². The van der Waals surface area contributed by atoms with E-state index in [1.807, 2.05) is 0 Å². The molecule has 4 heteroatoms. The number of primary amides is 1. The molecule has 2 N–H and O–H groups in total. The second kappa shape index (κ2) is 5.84. The lowest BCUT2D eigenvalue weighted by Crippen LogP contribution is -2.57. The summed E-state index contributed by atoms with van der Waals surface area (Å²) in [5.41, 5.74) is 7.05. The Kier molecular flexibility index (Phi) is 4.11. The number of amides is 1. The third-order valence-corrected chi connectivity index (χ3v) is 8.72. The normalized spacial score (nSPS) is 46.6. The Labute approximate surface area is 163 Å². The molecule has 0 radical (unpaired) electrons. The van der Waals surface area contributed by atoms with Crippen LogP contribution in [0, 0.1) is 39.9 Å². The van der Waals surface area contributed by atoms with Crippen LogP contribution in [0.15, 0.2) is 11.6 Å². The van der Waals surface area contributed by atoms with E-state index in [4.69, 9.17) is 10.5 Å². The Morgan fingerprint density at radius 2 is 1.89 bits per heavy atom. The van der Waals surface area contributed by atoms with Gasteiger partial charge in [-0.25, -0.2) is 4.79 Å². The summed E-state index contributed by atoms with van der Waals surface area (Å²) in [6, 6.07) is 0. The van der Waals surface area contributed by atoms with Crippen molar-refractivity contribution in [3.8, 4) is 0 Å². The molecular weight excluding hydrogens is 338 g/mol. The van der Waals surface area contributed by atoms with Crippen molar-refractivity contribution < 1.29 is 14.3 Å². The summed E-state index contributed by atoms with van der Waals surface area (Å²) in [4.78, 5) is 24.2. The van der Waals surface area contributed by atoms with E-state index in [1.54, 1.807) is 6.08 Å². The predicted molar refractivity (Wildman–Crippen MR) is 104 cm³/mol. The van der Waals surface area contributed by atoms with Gasteiger partial charge in [-0.3, -0.25) is 4.79 Å². The first kappa shape index (κ1) is 19.0. The molecule has 4 aliphatic rings. The van der Waals surface area contributed by atoms with Crippen LogP contribution in [0.5, 0.6) is 0 Å². The molecule has 0 spiro atoms. The maximum absolute atomic E-state index is 12.3. The molecule has 3 fully saturated rings. The van der Waals surface area contributed by atoms with E-state index in [2.05, 4.69) is 34.6 Å². The molecule has 0 aromatic carbocycles. The van der Waals surface area contributed by atoms with Crippen LogP contribution in [0.4, 0.5) is 0 Å². The summed E-state index contributed by atoms with van der Waals surface area (Å²) in [5, 5.41) is 0. The van der Waals surface area contributed by atoms with Gasteiger partial charge < -0.3 is 10.5 Å². The van der Waals surface area contributed by atoms with E-state index in [1.165, 1.54) is 5.57 Å². The van der Waals surface area contributed by atoms with Crippen LogP contribution >= 0.6 is 0 Å². The molecule has 2 unspecified atom stereocenters. The second-order valence-corrected chi connectivity index (χ2v) is 11.2. The summed E-state index contributed by atoms with van der Waals surface area (Å²) >= 11 is 0. The van der Waals surface area contributed by atoms with Crippen molar-refractivity contribution in [3.05, 3.63) is 11.6 Å². The molecule has 3 aliphatic carbocycles. The van der Waals surface area contributed by atoms with Crippen molar-refractivity contribution in [2.45, 2.75) is 79.2 Å². The number of fused-ring (bicyclic) bond motifs is 5. The highest BCUT2D eigenvalue weighted by Gasteiger charge is 2.62. The molecule has 27 heavy (non-hydrogen) atoms. The van der Waals surface area contributed by atoms with Gasteiger partial charge in [0.25, 0.3) is 0 Å². The first-order chi connectivity index (χ1) is 12.5. The molecule has 4 rings (SSSR count). The van der Waals surface area contributed by atoms with Crippen LogP contribution in [0.2, 0.25) is 0 Å². The van der Waals surface area contributed by atoms with E-state index in [0.717, 1.165) is 38.5 Å². The van der Waals surface area contributed by atoms with Gasteiger partial charge in [0.1, 0.15) is 6.10 Å². The number of hydrogen-bond donors (Lipinski definition) is 1. The summed E-state index contributed by atoms with van der Waals surface area (Å²) < 4.78 is 5.87. The standard InChI is InChI=1S/C23H35NO3/c1-21(2,3)17-11-19(25)27-18-7-6-14-15(23(17,18)5)8-9-22(4)12-13(20(24)26)10-16(14)22/h11,13-16,18H,6-10,12H2,1-5H3,(H2,24,26)/t13?,14-,15-,16+,18?,22-,23+/m1/s1. The molecule has 1 heterocycles. The Hall–Kier alpha value is -1.32. The van der Waals surface area contributed by atoms with Gasteiger partial charge in [-0.05, 0) is 72.7 Å². The summed E-state index contributed by atoms with van der Waals surface area (Å²) in [7, 11) is 0. The zero-order valence-electron chi connectivity index (χ0n) is 17.5. The van der Waals surface area contributed by atoms with Crippen LogP contribution in [0.3, 0.4) is 0 Å². The summed E-state index contributed by atoms with van der Waals surface area (Å²) in [5.74, 6) is 1.41. The molecule has 3 saturated carbocycles. The lowest BCUT2D eigenvalue weighted by atomic mass is 9.46. The fraction of sp³-hybridized carbons (Fsp3) is 0.826. The van der Waals surface area contributed by atoms with Crippen molar-refractivity contribution in [3.63, 3.8) is 0 Å². The van der Waals surface area contributed by atoms with E-state index >= 15 is 0 Å². The molecule has 150 valence electrons. The van der Waals surface area contributed by atoms with Crippen molar-refractivity contribution in [1.82, 2.24) is 0 Å². The minimum atomic E-state index is -0.170. The van der Waals surface area contributed by atoms with Crippen molar-refractivity contribution in [2.24, 2.45) is 45.7 Å². The van der Waals surface area contributed by atoms with Gasteiger partial charge in [-0.15, -0.1) is 0 Å². The van der Waals surface area contributed by atoms with E-state index < -0.39 is 0 Å². The van der Waals surface area contributed by atoms with Crippen LogP contribution < -0.4 is 5.73 Å². The third kappa shape index (κ3) is 2.69. The Balaban J connectivity index is 1.73. The Morgan fingerprint density at radius 3 is 2.52 bits per heavy atom. The van der Waals surface area contributed by atoms with Gasteiger partial charge in [0.15, 0.2) is 0 Å². The fourth-order valence-corrected chi connectivity index (χ4v) is 7.62. The Morgan fingerprint density at radius 1 is 1.19 bits per heavy atom. The van der Waals surface area contributed by atoms with Crippen LogP contribution in [-0.4, -0.2) is 18.0 Å². The van der Waals surface area contributed by atoms with Crippen LogP contribution in [0.25, 0.3) is 0 Å². The molecule has 0 aromatic rings. The molecule has 0 aromatic heterocycles. The van der Waals surface area contributed by atoms with Gasteiger partial charge in [0.2, 0.25) is 5.91 Å². The van der Waals surface area contributed by atoms with E-state index in [0.29, 0.717) is 17.8 Å². The third-order valence-electron chi connectivity index (χ3n) is 8.72. The van der Waals surface area contributed by atoms with Gasteiger partial charge in [0, 0.05) is 17.4 Å². The number of carbonyl (C=O) groups is 2. The van der Waals surface area contributed by atoms with Crippen molar-refractivity contribution in [2.75, 3.05) is 0 Å². The molecule has 4 nitrogen and oxygen atoms in total. The maximum atomic E-state index is 12.3. The second-order valence-electron chi connectivity index (χ2n) is 11.2. The highest BCUT2D eigenvalue weighted by molar-refractivity contribution is 5.85. The zero-order valence-corrected chi connectivity index (χ0v) is 17.5. The fourth-order valence-electron chi connectivity index (χ4n) is 7.62. The minimum Gasteiger partial charge on any atom is -0.458 e. The molecular formula is C23H35NO3. The number of carbonyl (C=O) groups excluding carboxylic acids is 2. The quantitative estimate of drug-likeness (QED) is 0.699. The average molecular weight is 374 g/mol. The van der Waals surface area contributed by atoms with Crippen molar-refractivity contribution >= 4 is 11.9 Å². The maximum Gasteiger partial charge on any atom is 0.331 e. The van der Waals surface area contributed by atoms with Gasteiger partial charge in [-0.2, -0.15) is 0 Å². The number of hydrogen-bond acceptors (Lipinski definition) is 3. The highest BCUT2D eigenvalue weighted by Crippen LogP contribution is 2.67. The lowest BCUT2D eigenvalue weighted by Gasteiger charge is -2.60. The largest absolute Gasteiger partial charge is 0.458 e. The summed E-state index contributed by atoms with van der Waals surface area (Å²) in [6.07, 6.45) is 8.01. The van der Waals surface area contributed by atoms with Crippen LogP contribution in [0.1, 0.15) is 73.1 Å². The molecule has 0 saturated heterocycles. The number of ether oxygens (including phenoxy) is 1. The number of esters is 1. The molecule has 7 atom stereocenters. The average Bonchev–Trinajstić information content (AvgIpc) is 2.92. The van der Waals surface area contributed by atoms with Gasteiger partial charge in [-0.1, -0.05) is 34.6 Å². The first-order valence-electron chi connectivity index (χ1n) is 10.7. The summed E-state index contributed by atoms with van der Waals surface area (Å²) in [6.45, 7) is 11.4. The van der Waals surface area contributed by atoms with Crippen molar-refractivity contribution in [1.29, 1.82) is 0 Å². The minimum absolute atomic E-state index is 0.0110. The SMILES string of the molecule is CC(C)(C)C1=CC(=O)OC2CC[C@@H]3[C@@H](CC[C@]4(C)CC(C(N)=O)C[C@@H]34)[C@@]12C. The number of nitrogens with two attached hydrogens (primary N) is 1. The van der Waals surface area contributed by atoms with Gasteiger partial charge in [0.05, 0.1) is 0 Å². The predicted octanol–water partition coefficient (Wildman–Crippen LogP) is 4.23. The monoisotopic (exact) mass is 373 g/mol. The Bertz CT molecular complexity index is 705. The topological polar surface area (TPSA) is 69.4 Å². The van der Waals surface area contributed by atoms with Crippen LogP contribution in [-0.2, 0) is 14.3 Å². The molecule has 1 amide bonds. The molecule has 1 aliphatic heterocycles. The first-order valence-corrected chi connectivity index (χ1v) is 10.7. The zero-order chi connectivity index (χ0) is 19.8.